The van der Waals surface area contributed by atoms with Crippen LogP contribution in [-0.4, -0.2) is 18.0 Å². The molecule has 0 bridgehead atoms. The Morgan fingerprint density at radius 3 is 2.71 bits per heavy atom. The quantitative estimate of drug-likeness (QED) is 0.833. The van der Waals surface area contributed by atoms with Gasteiger partial charge in [0.1, 0.15) is 10.7 Å². The van der Waals surface area contributed by atoms with Crippen LogP contribution < -0.4 is 15.8 Å². The predicted octanol–water partition coefficient (Wildman–Crippen LogP) is 2.51. The Kier molecular flexibility index (Phi) is 4.90. The third kappa shape index (κ3) is 4.03. The lowest BCUT2D eigenvalue weighted by Crippen LogP contribution is -2.16. The smallest absolute Gasteiger partial charge is 0.228 e. The molecule has 0 saturated heterocycles. The topological polar surface area (TPSA) is 64.3 Å². The van der Waals surface area contributed by atoms with Gasteiger partial charge in [-0.3, -0.25) is 4.79 Å². The van der Waals surface area contributed by atoms with Crippen molar-refractivity contribution in [1.29, 1.82) is 0 Å². The number of carbonyl (C=O) groups excluding carboxylic acids is 1. The maximum atomic E-state index is 12.1. The molecule has 0 spiro atoms. The first-order chi connectivity index (χ1) is 10.1. The first-order valence-electron chi connectivity index (χ1n) is 6.42. The second-order valence-corrected chi connectivity index (χ2v) is 4.92. The number of nitrogens with one attached hydrogen (secondary N) is 1. The number of carbonyl (C=O) groups is 1. The molecule has 0 aliphatic carbocycles. The summed E-state index contributed by atoms with van der Waals surface area (Å²) in [5, 5.41) is 2.83. The number of benzene rings is 2. The molecule has 0 saturated carbocycles. The third-order valence-electron chi connectivity index (χ3n) is 2.97. The van der Waals surface area contributed by atoms with Gasteiger partial charge in [0.2, 0.25) is 5.91 Å². The van der Waals surface area contributed by atoms with E-state index in [4.69, 9.17) is 22.7 Å². The molecular formula is C16H16N2O2S. The Labute approximate surface area is 128 Å². The Hall–Kier alpha value is -2.40. The molecule has 108 valence electrons. The largest absolute Gasteiger partial charge is 0.496 e. The fourth-order valence-electron chi connectivity index (χ4n) is 1.98. The van der Waals surface area contributed by atoms with Gasteiger partial charge < -0.3 is 15.8 Å². The molecule has 0 unspecified atom stereocenters. The van der Waals surface area contributed by atoms with Crippen molar-refractivity contribution >= 4 is 28.8 Å². The van der Waals surface area contributed by atoms with Crippen molar-refractivity contribution in [2.75, 3.05) is 12.4 Å². The predicted molar refractivity (Wildman–Crippen MR) is 87.7 cm³/mol. The zero-order valence-electron chi connectivity index (χ0n) is 11.6. The first-order valence-corrected chi connectivity index (χ1v) is 6.82. The fraction of sp³-hybridized carbons (Fsp3) is 0.125. The van der Waals surface area contributed by atoms with Crippen molar-refractivity contribution in [3.05, 3.63) is 59.7 Å². The van der Waals surface area contributed by atoms with Crippen LogP contribution in [0.25, 0.3) is 0 Å². The second-order valence-electron chi connectivity index (χ2n) is 4.48. The standard InChI is InChI=1S/C16H16N2O2S/c1-20-14-8-3-2-5-11(14)10-15(19)18-13-7-4-6-12(9-13)16(17)21/h2-9H,10H2,1H3,(H2,17,21)(H,18,19). The van der Waals surface area contributed by atoms with Gasteiger partial charge in [-0.25, -0.2) is 0 Å². The molecule has 1 amide bonds. The van der Waals surface area contributed by atoms with Gasteiger partial charge in [0.15, 0.2) is 0 Å². The summed E-state index contributed by atoms with van der Waals surface area (Å²) in [4.78, 5) is 12.4. The zero-order chi connectivity index (χ0) is 15.2. The van der Waals surface area contributed by atoms with Crippen molar-refractivity contribution in [2.24, 2.45) is 5.73 Å². The van der Waals surface area contributed by atoms with Crippen LogP contribution in [0.15, 0.2) is 48.5 Å². The van der Waals surface area contributed by atoms with Crippen LogP contribution in [0.4, 0.5) is 5.69 Å². The summed E-state index contributed by atoms with van der Waals surface area (Å²) in [6.07, 6.45) is 0.237. The Morgan fingerprint density at radius 2 is 2.00 bits per heavy atom. The number of anilines is 1. The number of thiocarbonyl (C=S) groups is 1. The van der Waals surface area contributed by atoms with Gasteiger partial charge in [0.25, 0.3) is 0 Å². The Balaban J connectivity index is 2.08. The number of para-hydroxylation sites is 1. The number of methoxy groups -OCH3 is 1. The molecule has 0 aliphatic heterocycles. The van der Waals surface area contributed by atoms with E-state index in [0.717, 1.165) is 11.1 Å². The highest BCUT2D eigenvalue weighted by Crippen LogP contribution is 2.18. The molecule has 0 radical (unpaired) electrons. The van der Waals surface area contributed by atoms with Crippen LogP contribution >= 0.6 is 12.2 Å². The van der Waals surface area contributed by atoms with E-state index in [-0.39, 0.29) is 12.3 Å². The van der Waals surface area contributed by atoms with Crippen LogP contribution in [0.3, 0.4) is 0 Å². The van der Waals surface area contributed by atoms with Crippen molar-refractivity contribution in [3.63, 3.8) is 0 Å². The van der Waals surface area contributed by atoms with Gasteiger partial charge >= 0.3 is 0 Å². The lowest BCUT2D eigenvalue weighted by Gasteiger charge is -2.09. The van der Waals surface area contributed by atoms with Gasteiger partial charge in [0, 0.05) is 16.8 Å². The van der Waals surface area contributed by atoms with Crippen molar-refractivity contribution in [3.8, 4) is 5.75 Å². The van der Waals surface area contributed by atoms with Crippen LogP contribution in [0.5, 0.6) is 5.75 Å². The summed E-state index contributed by atoms with van der Waals surface area (Å²) in [7, 11) is 1.59. The number of amides is 1. The Bertz CT molecular complexity index is 671. The molecule has 4 nitrogen and oxygen atoms in total. The number of hydrogen-bond acceptors (Lipinski definition) is 3. The van der Waals surface area contributed by atoms with Crippen LogP contribution in [0.1, 0.15) is 11.1 Å². The van der Waals surface area contributed by atoms with E-state index >= 15 is 0 Å². The maximum absolute atomic E-state index is 12.1. The average molecular weight is 300 g/mol. The van der Waals surface area contributed by atoms with E-state index in [1.165, 1.54) is 0 Å². The molecule has 21 heavy (non-hydrogen) atoms. The van der Waals surface area contributed by atoms with Crippen LogP contribution in [0.2, 0.25) is 0 Å². The second kappa shape index (κ2) is 6.85. The van der Waals surface area contributed by atoms with Gasteiger partial charge in [-0.05, 0) is 18.2 Å². The molecule has 3 N–H and O–H groups in total. The van der Waals surface area contributed by atoms with Crippen molar-refractivity contribution < 1.29 is 9.53 Å². The molecule has 2 rings (SSSR count). The average Bonchev–Trinajstić information content (AvgIpc) is 2.48. The third-order valence-corrected chi connectivity index (χ3v) is 3.21. The summed E-state index contributed by atoms with van der Waals surface area (Å²) in [5.41, 5.74) is 7.80. The van der Waals surface area contributed by atoms with E-state index in [2.05, 4.69) is 5.32 Å². The molecule has 0 atom stereocenters. The van der Waals surface area contributed by atoms with Gasteiger partial charge in [-0.15, -0.1) is 0 Å². The SMILES string of the molecule is COc1ccccc1CC(=O)Nc1cccc(C(N)=S)c1. The molecule has 0 aromatic heterocycles. The van der Waals surface area contributed by atoms with Gasteiger partial charge in [0.05, 0.1) is 13.5 Å². The number of ether oxygens (including phenoxy) is 1. The van der Waals surface area contributed by atoms with E-state index in [0.29, 0.717) is 16.4 Å². The fourth-order valence-corrected chi connectivity index (χ4v) is 2.10. The molecular weight excluding hydrogens is 284 g/mol. The minimum Gasteiger partial charge on any atom is -0.496 e. The summed E-state index contributed by atoms with van der Waals surface area (Å²) in [6.45, 7) is 0. The van der Waals surface area contributed by atoms with E-state index in [9.17, 15) is 4.79 Å². The van der Waals surface area contributed by atoms with E-state index in [1.54, 1.807) is 31.4 Å². The van der Waals surface area contributed by atoms with Crippen molar-refractivity contribution in [2.45, 2.75) is 6.42 Å². The minimum absolute atomic E-state index is 0.125. The zero-order valence-corrected chi connectivity index (χ0v) is 12.4. The van der Waals surface area contributed by atoms with Gasteiger partial charge in [-0.1, -0.05) is 42.5 Å². The maximum Gasteiger partial charge on any atom is 0.228 e. The summed E-state index contributed by atoms with van der Waals surface area (Å²) >= 11 is 4.92. The highest BCUT2D eigenvalue weighted by atomic mass is 32.1. The number of hydrogen-bond donors (Lipinski definition) is 2. The van der Waals surface area contributed by atoms with Crippen LogP contribution in [0, 0.1) is 0 Å². The molecule has 0 fully saturated rings. The highest BCUT2D eigenvalue weighted by Gasteiger charge is 2.09. The highest BCUT2D eigenvalue weighted by molar-refractivity contribution is 7.80. The molecule has 2 aromatic carbocycles. The number of rotatable bonds is 5. The first kappa shape index (κ1) is 15.0. The van der Waals surface area contributed by atoms with Crippen molar-refractivity contribution in [1.82, 2.24) is 0 Å². The summed E-state index contributed by atoms with van der Waals surface area (Å²) in [6, 6.07) is 14.6. The Morgan fingerprint density at radius 1 is 1.24 bits per heavy atom. The van der Waals surface area contributed by atoms with Crippen LogP contribution in [-0.2, 0) is 11.2 Å². The number of nitrogens with two attached hydrogens (primary N) is 1. The van der Waals surface area contributed by atoms with E-state index < -0.39 is 0 Å². The lowest BCUT2D eigenvalue weighted by atomic mass is 10.1. The monoisotopic (exact) mass is 300 g/mol. The van der Waals surface area contributed by atoms with E-state index in [1.807, 2.05) is 24.3 Å². The minimum atomic E-state index is -0.125. The lowest BCUT2D eigenvalue weighted by molar-refractivity contribution is -0.115. The summed E-state index contributed by atoms with van der Waals surface area (Å²) in [5.74, 6) is 0.573. The molecule has 0 aliphatic rings. The summed E-state index contributed by atoms with van der Waals surface area (Å²) < 4.78 is 5.23. The molecule has 0 heterocycles. The molecule has 5 heteroatoms. The normalized spacial score (nSPS) is 9.95. The van der Waals surface area contributed by atoms with Gasteiger partial charge in [-0.2, -0.15) is 0 Å². The molecule has 2 aromatic rings.